The lowest BCUT2D eigenvalue weighted by molar-refractivity contribution is -0.384. The second kappa shape index (κ2) is 5.07. The molecule has 0 aliphatic heterocycles. The molecule has 19 heavy (non-hydrogen) atoms. The Morgan fingerprint density at radius 1 is 1.47 bits per heavy atom. The van der Waals surface area contributed by atoms with Crippen LogP contribution in [0.25, 0.3) is 11.1 Å². The number of nitro groups is 1. The Bertz CT molecular complexity index is 651. The van der Waals surface area contributed by atoms with E-state index in [0.717, 1.165) is 11.3 Å². The van der Waals surface area contributed by atoms with Crippen molar-refractivity contribution in [2.24, 2.45) is 0 Å². The first-order valence-corrected chi connectivity index (χ1v) is 6.12. The summed E-state index contributed by atoms with van der Waals surface area (Å²) in [6.45, 7) is 0. The summed E-state index contributed by atoms with van der Waals surface area (Å²) in [6.07, 6.45) is 0. The molecule has 1 aromatic heterocycles. The first-order chi connectivity index (χ1) is 9.04. The van der Waals surface area contributed by atoms with Crippen LogP contribution in [-0.2, 0) is 4.74 Å². The standard InChI is InChI=1S/C12H10N2O4S/c1-18-12(15)11-10(13)9(6-19-11)7-3-2-4-8(5-7)14(16)17/h2-6H,13H2,1H3. The van der Waals surface area contributed by atoms with Crippen LogP contribution in [0.5, 0.6) is 0 Å². The van der Waals surface area contributed by atoms with Crippen LogP contribution in [0.1, 0.15) is 9.67 Å². The van der Waals surface area contributed by atoms with Gasteiger partial charge in [0, 0.05) is 23.1 Å². The number of benzene rings is 1. The normalized spacial score (nSPS) is 10.2. The van der Waals surface area contributed by atoms with E-state index in [4.69, 9.17) is 5.73 Å². The predicted molar refractivity (Wildman–Crippen MR) is 72.2 cm³/mol. The molecular weight excluding hydrogens is 268 g/mol. The van der Waals surface area contributed by atoms with Crippen LogP contribution in [0.4, 0.5) is 11.4 Å². The second-order valence-electron chi connectivity index (χ2n) is 3.69. The van der Waals surface area contributed by atoms with Crippen LogP contribution in [0.2, 0.25) is 0 Å². The van der Waals surface area contributed by atoms with Crippen LogP contribution >= 0.6 is 11.3 Å². The number of non-ortho nitro benzene ring substituents is 1. The number of methoxy groups -OCH3 is 1. The minimum absolute atomic E-state index is 0.0253. The van der Waals surface area contributed by atoms with Crippen molar-refractivity contribution in [2.75, 3.05) is 12.8 Å². The maximum Gasteiger partial charge on any atom is 0.350 e. The molecule has 7 heteroatoms. The molecule has 0 saturated heterocycles. The Hall–Kier alpha value is -2.41. The van der Waals surface area contributed by atoms with Crippen LogP contribution in [-0.4, -0.2) is 18.0 Å². The Morgan fingerprint density at radius 2 is 2.21 bits per heavy atom. The topological polar surface area (TPSA) is 95.5 Å². The molecule has 0 radical (unpaired) electrons. The number of rotatable bonds is 3. The lowest BCUT2D eigenvalue weighted by Gasteiger charge is -2.02. The first kappa shape index (κ1) is 13.0. The molecule has 98 valence electrons. The number of ether oxygens (including phenoxy) is 1. The third-order valence-electron chi connectivity index (χ3n) is 2.57. The number of carbonyl (C=O) groups is 1. The number of hydrogen-bond donors (Lipinski definition) is 1. The van der Waals surface area contributed by atoms with E-state index in [-0.39, 0.29) is 11.4 Å². The summed E-state index contributed by atoms with van der Waals surface area (Å²) in [5.74, 6) is -0.515. The zero-order chi connectivity index (χ0) is 14.0. The number of esters is 1. The van der Waals surface area contributed by atoms with Gasteiger partial charge in [0.05, 0.1) is 17.7 Å². The molecule has 0 unspecified atom stereocenters. The third kappa shape index (κ3) is 2.41. The minimum atomic E-state index is -0.515. The molecule has 0 atom stereocenters. The van der Waals surface area contributed by atoms with Gasteiger partial charge in [-0.2, -0.15) is 0 Å². The van der Waals surface area contributed by atoms with Gasteiger partial charge in [-0.05, 0) is 5.56 Å². The summed E-state index contributed by atoms with van der Waals surface area (Å²) < 4.78 is 4.61. The lowest BCUT2D eigenvalue weighted by Crippen LogP contribution is -2.02. The SMILES string of the molecule is COC(=O)c1scc(-c2cccc([N+](=O)[O-])c2)c1N. The van der Waals surface area contributed by atoms with E-state index < -0.39 is 10.9 Å². The lowest BCUT2D eigenvalue weighted by atomic mass is 10.1. The van der Waals surface area contributed by atoms with Gasteiger partial charge < -0.3 is 10.5 Å². The van der Waals surface area contributed by atoms with Gasteiger partial charge in [-0.15, -0.1) is 11.3 Å². The van der Waals surface area contributed by atoms with Crippen molar-refractivity contribution in [3.05, 3.63) is 44.6 Å². The minimum Gasteiger partial charge on any atom is -0.465 e. The van der Waals surface area contributed by atoms with Crippen molar-refractivity contribution < 1.29 is 14.5 Å². The molecular formula is C12H10N2O4S. The van der Waals surface area contributed by atoms with Crippen LogP contribution in [0.15, 0.2) is 29.6 Å². The molecule has 0 bridgehead atoms. The summed E-state index contributed by atoms with van der Waals surface area (Å²) in [4.78, 5) is 22.0. The quantitative estimate of drug-likeness (QED) is 0.529. The fraction of sp³-hybridized carbons (Fsp3) is 0.0833. The van der Waals surface area contributed by atoms with E-state index in [0.29, 0.717) is 16.0 Å². The summed E-state index contributed by atoms with van der Waals surface area (Å²) in [7, 11) is 1.27. The molecule has 2 rings (SSSR count). The van der Waals surface area contributed by atoms with E-state index in [9.17, 15) is 14.9 Å². The summed E-state index contributed by atoms with van der Waals surface area (Å²) in [6, 6.07) is 6.08. The smallest absolute Gasteiger partial charge is 0.350 e. The average Bonchev–Trinajstić information content (AvgIpc) is 2.80. The molecule has 2 N–H and O–H groups in total. The summed E-state index contributed by atoms with van der Waals surface area (Å²) >= 11 is 1.15. The van der Waals surface area contributed by atoms with Gasteiger partial charge >= 0.3 is 5.97 Å². The van der Waals surface area contributed by atoms with Gasteiger partial charge in [0.2, 0.25) is 0 Å². The number of nitro benzene ring substituents is 1. The van der Waals surface area contributed by atoms with Gasteiger partial charge in [-0.3, -0.25) is 10.1 Å². The van der Waals surface area contributed by atoms with Crippen molar-refractivity contribution in [3.63, 3.8) is 0 Å². The van der Waals surface area contributed by atoms with E-state index in [1.165, 1.54) is 19.2 Å². The summed E-state index contributed by atoms with van der Waals surface area (Å²) in [5, 5.41) is 12.4. The summed E-state index contributed by atoms with van der Waals surface area (Å²) in [5.41, 5.74) is 7.32. The van der Waals surface area contributed by atoms with Gasteiger partial charge in [0.15, 0.2) is 0 Å². The van der Waals surface area contributed by atoms with Crippen LogP contribution < -0.4 is 5.73 Å². The van der Waals surface area contributed by atoms with Gasteiger partial charge in [0.25, 0.3) is 5.69 Å². The van der Waals surface area contributed by atoms with Gasteiger partial charge in [-0.1, -0.05) is 12.1 Å². The fourth-order valence-corrected chi connectivity index (χ4v) is 2.54. The van der Waals surface area contributed by atoms with Crippen molar-refractivity contribution in [3.8, 4) is 11.1 Å². The van der Waals surface area contributed by atoms with E-state index in [1.807, 2.05) is 0 Å². The Balaban J connectivity index is 2.48. The Kier molecular flexibility index (Phi) is 3.48. The highest BCUT2D eigenvalue weighted by Gasteiger charge is 2.18. The number of anilines is 1. The molecule has 1 heterocycles. The number of nitrogens with two attached hydrogens (primary N) is 1. The number of nitrogen functional groups attached to an aromatic ring is 1. The van der Waals surface area contributed by atoms with E-state index in [1.54, 1.807) is 17.5 Å². The molecule has 0 amide bonds. The van der Waals surface area contributed by atoms with Crippen molar-refractivity contribution in [1.29, 1.82) is 0 Å². The first-order valence-electron chi connectivity index (χ1n) is 5.24. The molecule has 0 aliphatic rings. The van der Waals surface area contributed by atoms with Crippen LogP contribution in [0, 0.1) is 10.1 Å². The third-order valence-corrected chi connectivity index (χ3v) is 3.54. The molecule has 6 nitrogen and oxygen atoms in total. The Morgan fingerprint density at radius 3 is 2.84 bits per heavy atom. The molecule has 2 aromatic rings. The zero-order valence-corrected chi connectivity index (χ0v) is 10.8. The maximum absolute atomic E-state index is 11.5. The molecule has 1 aromatic carbocycles. The highest BCUT2D eigenvalue weighted by Crippen LogP contribution is 2.35. The van der Waals surface area contributed by atoms with E-state index >= 15 is 0 Å². The molecule has 0 spiro atoms. The number of hydrogen-bond acceptors (Lipinski definition) is 6. The largest absolute Gasteiger partial charge is 0.465 e. The highest BCUT2D eigenvalue weighted by molar-refractivity contribution is 7.13. The fourth-order valence-electron chi connectivity index (χ4n) is 1.63. The zero-order valence-electron chi connectivity index (χ0n) is 9.95. The number of thiophene rings is 1. The Labute approximate surface area is 112 Å². The number of nitrogens with zero attached hydrogens (tertiary/aromatic N) is 1. The van der Waals surface area contributed by atoms with Crippen molar-refractivity contribution >= 4 is 28.7 Å². The van der Waals surface area contributed by atoms with Crippen molar-refractivity contribution in [2.45, 2.75) is 0 Å². The maximum atomic E-state index is 11.5. The average molecular weight is 278 g/mol. The molecule has 0 aliphatic carbocycles. The predicted octanol–water partition coefficient (Wildman–Crippen LogP) is 2.69. The second-order valence-corrected chi connectivity index (χ2v) is 4.57. The number of carbonyl (C=O) groups excluding carboxylic acids is 1. The molecule has 0 saturated carbocycles. The van der Waals surface area contributed by atoms with Gasteiger partial charge in [-0.25, -0.2) is 4.79 Å². The van der Waals surface area contributed by atoms with E-state index in [2.05, 4.69) is 4.74 Å². The van der Waals surface area contributed by atoms with Crippen LogP contribution in [0.3, 0.4) is 0 Å². The molecule has 0 fully saturated rings. The monoisotopic (exact) mass is 278 g/mol. The van der Waals surface area contributed by atoms with Crippen molar-refractivity contribution in [1.82, 2.24) is 0 Å². The van der Waals surface area contributed by atoms with Gasteiger partial charge in [0.1, 0.15) is 4.88 Å². The highest BCUT2D eigenvalue weighted by atomic mass is 32.1.